The van der Waals surface area contributed by atoms with Gasteiger partial charge in [0.05, 0.1) is 23.3 Å². The zero-order valence-corrected chi connectivity index (χ0v) is 17.1. The third kappa shape index (κ3) is 3.36. The van der Waals surface area contributed by atoms with Crippen LogP contribution in [0.3, 0.4) is 0 Å². The number of benzene rings is 1. The first-order valence-corrected chi connectivity index (χ1v) is 10.5. The summed E-state index contributed by atoms with van der Waals surface area (Å²) < 4.78 is 59.5. The number of pyridine rings is 1. The summed E-state index contributed by atoms with van der Waals surface area (Å²) >= 11 is 1.53. The molecule has 1 spiro atoms. The zero-order chi connectivity index (χ0) is 22.7. The highest BCUT2D eigenvalue weighted by Crippen LogP contribution is 2.57. The molecule has 1 saturated heterocycles. The van der Waals surface area contributed by atoms with Crippen molar-refractivity contribution in [1.29, 1.82) is 0 Å². The number of alkyl halides is 3. The number of cyclic esters (lactones) is 1. The fourth-order valence-corrected chi connectivity index (χ4v) is 4.90. The zero-order valence-electron chi connectivity index (χ0n) is 16.3. The van der Waals surface area contributed by atoms with Crippen molar-refractivity contribution >= 4 is 33.5 Å². The van der Waals surface area contributed by atoms with E-state index in [4.69, 9.17) is 4.74 Å². The Hall–Kier alpha value is -3.21. The van der Waals surface area contributed by atoms with Crippen LogP contribution in [0.25, 0.3) is 10.1 Å². The monoisotopic (exact) mass is 465 g/mol. The predicted octanol–water partition coefficient (Wildman–Crippen LogP) is 5.39. The molecule has 166 valence electrons. The van der Waals surface area contributed by atoms with Crippen LogP contribution in [0.15, 0.2) is 41.9 Å². The van der Waals surface area contributed by atoms with Crippen molar-refractivity contribution < 1.29 is 31.9 Å². The highest BCUT2D eigenvalue weighted by atomic mass is 32.1. The highest BCUT2D eigenvalue weighted by molar-refractivity contribution is 7.17. The summed E-state index contributed by atoms with van der Waals surface area (Å²) in [7, 11) is 0. The summed E-state index contributed by atoms with van der Waals surface area (Å²) in [6.07, 6.45) is -4.63. The summed E-state index contributed by atoms with van der Waals surface area (Å²) in [4.78, 5) is 30.5. The molecule has 2 aliphatic rings. The fourth-order valence-electron chi connectivity index (χ4n) is 4.10. The number of thiophene rings is 1. The molecular formula is C21H15F4N3O3S. The van der Waals surface area contributed by atoms with Crippen LogP contribution in [0, 0.1) is 5.82 Å². The summed E-state index contributed by atoms with van der Waals surface area (Å²) in [5, 5.41) is 5.41. The minimum atomic E-state index is -4.76. The number of imide groups is 1. The minimum Gasteiger partial charge on any atom is -0.438 e. The smallest absolute Gasteiger partial charge is 0.419 e. The van der Waals surface area contributed by atoms with Gasteiger partial charge in [0, 0.05) is 16.3 Å². The fraction of sp³-hybridized carbons (Fsp3) is 0.286. The van der Waals surface area contributed by atoms with E-state index in [1.54, 1.807) is 6.20 Å². The molecule has 3 heterocycles. The first kappa shape index (κ1) is 20.7. The van der Waals surface area contributed by atoms with E-state index in [-0.39, 0.29) is 12.1 Å². The van der Waals surface area contributed by atoms with Gasteiger partial charge in [-0.2, -0.15) is 13.2 Å². The van der Waals surface area contributed by atoms with E-state index in [9.17, 15) is 27.2 Å². The van der Waals surface area contributed by atoms with Crippen LogP contribution in [-0.4, -0.2) is 27.5 Å². The van der Waals surface area contributed by atoms with Crippen molar-refractivity contribution in [3.8, 4) is 0 Å². The molecule has 1 aliphatic heterocycles. The highest BCUT2D eigenvalue weighted by Gasteiger charge is 2.66. The lowest BCUT2D eigenvalue weighted by Crippen LogP contribution is -2.47. The van der Waals surface area contributed by atoms with E-state index in [2.05, 4.69) is 10.3 Å². The first-order valence-electron chi connectivity index (χ1n) is 9.66. The van der Waals surface area contributed by atoms with Crippen LogP contribution in [0.2, 0.25) is 0 Å². The van der Waals surface area contributed by atoms with Crippen molar-refractivity contribution in [3.05, 3.63) is 64.5 Å². The van der Waals surface area contributed by atoms with Crippen molar-refractivity contribution in [2.45, 2.75) is 37.2 Å². The van der Waals surface area contributed by atoms with E-state index in [0.717, 1.165) is 27.1 Å². The topological polar surface area (TPSA) is 71.5 Å². The maximum absolute atomic E-state index is 13.9. The molecule has 1 aliphatic carbocycles. The Morgan fingerprint density at radius 3 is 2.78 bits per heavy atom. The van der Waals surface area contributed by atoms with E-state index >= 15 is 0 Å². The standard InChI is InChI=1S/C21H15F4N3O3S/c22-13-8-11(7-12(9-13)21(23,24)25)17-20(3-4-20)28(19(30)31-17)18(29)27-10-15-14-2-6-32-16(14)1-5-26-15/h1-2,5-9,17H,3-4,10H2,(H,27,29)/t17-/m1/s1. The van der Waals surface area contributed by atoms with Gasteiger partial charge >= 0.3 is 18.3 Å². The van der Waals surface area contributed by atoms with Gasteiger partial charge in [0.2, 0.25) is 0 Å². The van der Waals surface area contributed by atoms with Crippen LogP contribution >= 0.6 is 11.3 Å². The van der Waals surface area contributed by atoms with Gasteiger partial charge in [-0.05, 0) is 54.1 Å². The lowest BCUT2D eigenvalue weighted by atomic mass is 9.98. The molecule has 1 N–H and O–H groups in total. The number of amides is 3. The molecule has 2 aromatic heterocycles. The average Bonchev–Trinajstić information content (AvgIpc) is 3.24. The summed E-state index contributed by atoms with van der Waals surface area (Å²) in [6.45, 7) is 0.0512. The number of rotatable bonds is 3. The van der Waals surface area contributed by atoms with Gasteiger partial charge in [0.15, 0.2) is 6.10 Å². The van der Waals surface area contributed by atoms with Gasteiger partial charge in [0.25, 0.3) is 0 Å². The molecule has 32 heavy (non-hydrogen) atoms. The maximum atomic E-state index is 13.9. The molecule has 3 amide bonds. The number of nitrogens with one attached hydrogen (secondary N) is 1. The second-order valence-electron chi connectivity index (χ2n) is 7.72. The Labute approximate surface area is 182 Å². The molecule has 1 atom stereocenters. The molecular weight excluding hydrogens is 450 g/mol. The SMILES string of the molecule is O=C(NCc1nccc2sccc12)N1C(=O)O[C@H](c2cc(F)cc(C(F)(F)F)c2)C12CC2. The average molecular weight is 465 g/mol. The quantitative estimate of drug-likeness (QED) is 0.527. The Balaban J connectivity index is 1.39. The summed E-state index contributed by atoms with van der Waals surface area (Å²) in [5.41, 5.74) is -1.84. The number of hydrogen-bond donors (Lipinski definition) is 1. The van der Waals surface area contributed by atoms with Crippen molar-refractivity contribution in [2.75, 3.05) is 0 Å². The summed E-state index contributed by atoms with van der Waals surface area (Å²) in [5.74, 6) is -1.10. The number of carbonyl (C=O) groups excluding carboxylic acids is 2. The molecule has 5 rings (SSSR count). The van der Waals surface area contributed by atoms with Crippen molar-refractivity contribution in [3.63, 3.8) is 0 Å². The van der Waals surface area contributed by atoms with Gasteiger partial charge in [-0.25, -0.2) is 18.9 Å². The van der Waals surface area contributed by atoms with E-state index < -0.39 is 41.3 Å². The lowest BCUT2D eigenvalue weighted by Gasteiger charge is -2.23. The number of hydrogen-bond acceptors (Lipinski definition) is 5. The number of halogens is 4. The van der Waals surface area contributed by atoms with Crippen LogP contribution in [0.1, 0.15) is 35.8 Å². The van der Waals surface area contributed by atoms with Gasteiger partial charge in [-0.3, -0.25) is 4.98 Å². The third-order valence-corrected chi connectivity index (χ3v) is 6.60. The number of carbonyl (C=O) groups is 2. The Bertz CT molecular complexity index is 1240. The van der Waals surface area contributed by atoms with Gasteiger partial charge < -0.3 is 10.1 Å². The molecule has 6 nitrogen and oxygen atoms in total. The normalized spacial score (nSPS) is 19.4. The molecule has 0 radical (unpaired) electrons. The molecule has 0 unspecified atom stereocenters. The molecule has 0 bridgehead atoms. The van der Waals surface area contributed by atoms with E-state index in [1.807, 2.05) is 17.5 Å². The predicted molar refractivity (Wildman–Crippen MR) is 106 cm³/mol. The number of nitrogens with zero attached hydrogens (tertiary/aromatic N) is 2. The van der Waals surface area contributed by atoms with Crippen LogP contribution in [0.4, 0.5) is 27.2 Å². The first-order chi connectivity index (χ1) is 15.2. The molecule has 2 fully saturated rings. The van der Waals surface area contributed by atoms with Gasteiger partial charge in [0.1, 0.15) is 5.82 Å². The molecule has 3 aromatic rings. The molecule has 1 saturated carbocycles. The Morgan fingerprint density at radius 2 is 2.06 bits per heavy atom. The van der Waals surface area contributed by atoms with Crippen molar-refractivity contribution in [2.24, 2.45) is 0 Å². The minimum absolute atomic E-state index is 0.0512. The van der Waals surface area contributed by atoms with E-state index in [1.165, 1.54) is 11.3 Å². The molecule has 11 heteroatoms. The number of urea groups is 1. The number of aromatic nitrogens is 1. The number of ether oxygens (including phenoxy) is 1. The third-order valence-electron chi connectivity index (χ3n) is 5.72. The second-order valence-corrected chi connectivity index (χ2v) is 8.67. The maximum Gasteiger partial charge on any atom is 0.419 e. The Morgan fingerprint density at radius 1 is 1.28 bits per heavy atom. The van der Waals surface area contributed by atoms with E-state index in [0.29, 0.717) is 24.6 Å². The van der Waals surface area contributed by atoms with Crippen LogP contribution < -0.4 is 5.32 Å². The summed E-state index contributed by atoms with van der Waals surface area (Å²) in [6, 6.07) is 5.01. The Kier molecular flexibility index (Phi) is 4.63. The second kappa shape index (κ2) is 7.16. The molecule has 1 aromatic carbocycles. The van der Waals surface area contributed by atoms with Crippen LogP contribution in [-0.2, 0) is 17.5 Å². The largest absolute Gasteiger partial charge is 0.438 e. The van der Waals surface area contributed by atoms with Gasteiger partial charge in [-0.15, -0.1) is 11.3 Å². The van der Waals surface area contributed by atoms with Gasteiger partial charge in [-0.1, -0.05) is 0 Å². The number of fused-ring (bicyclic) bond motifs is 1. The lowest BCUT2D eigenvalue weighted by molar-refractivity contribution is -0.137. The van der Waals surface area contributed by atoms with Crippen molar-refractivity contribution in [1.82, 2.24) is 15.2 Å². The van der Waals surface area contributed by atoms with Crippen LogP contribution in [0.5, 0.6) is 0 Å².